The molecule has 2 amide bonds. The highest BCUT2D eigenvalue weighted by atomic mass is 32.1. The highest BCUT2D eigenvalue weighted by Crippen LogP contribution is 2.31. The molecule has 1 aliphatic rings. The molecule has 0 spiro atoms. The SMILES string of the molecule is O=C1C(=CS)C(=O)N(c2ccccc2)N1c1ccccc1. The molecule has 21 heavy (non-hydrogen) atoms. The molecule has 0 radical (unpaired) electrons. The Labute approximate surface area is 127 Å². The van der Waals surface area contributed by atoms with E-state index in [1.54, 1.807) is 24.3 Å². The van der Waals surface area contributed by atoms with Crippen molar-refractivity contribution in [2.24, 2.45) is 0 Å². The second-order valence-electron chi connectivity index (χ2n) is 4.45. The molecule has 2 aromatic rings. The molecule has 0 aromatic heterocycles. The van der Waals surface area contributed by atoms with Crippen molar-refractivity contribution >= 4 is 35.8 Å². The van der Waals surface area contributed by atoms with Crippen molar-refractivity contribution in [2.75, 3.05) is 10.0 Å². The molecule has 1 aliphatic heterocycles. The van der Waals surface area contributed by atoms with Crippen molar-refractivity contribution in [1.29, 1.82) is 0 Å². The maximum absolute atomic E-state index is 12.5. The van der Waals surface area contributed by atoms with Crippen LogP contribution in [0.25, 0.3) is 0 Å². The van der Waals surface area contributed by atoms with E-state index in [-0.39, 0.29) is 17.4 Å². The zero-order valence-electron chi connectivity index (χ0n) is 11.0. The van der Waals surface area contributed by atoms with Crippen LogP contribution in [0.2, 0.25) is 0 Å². The molecule has 1 heterocycles. The fourth-order valence-electron chi connectivity index (χ4n) is 2.22. The van der Waals surface area contributed by atoms with E-state index in [0.29, 0.717) is 11.4 Å². The summed E-state index contributed by atoms with van der Waals surface area (Å²) < 4.78 is 0. The van der Waals surface area contributed by atoms with Gasteiger partial charge in [0, 0.05) is 0 Å². The maximum Gasteiger partial charge on any atom is 0.283 e. The van der Waals surface area contributed by atoms with Crippen LogP contribution >= 0.6 is 12.6 Å². The zero-order chi connectivity index (χ0) is 14.8. The third-order valence-electron chi connectivity index (χ3n) is 3.18. The van der Waals surface area contributed by atoms with Gasteiger partial charge in [-0.15, -0.1) is 0 Å². The number of rotatable bonds is 2. The minimum absolute atomic E-state index is 0.0473. The quantitative estimate of drug-likeness (QED) is 0.526. The lowest BCUT2D eigenvalue weighted by molar-refractivity contribution is -0.116. The highest BCUT2D eigenvalue weighted by Gasteiger charge is 2.42. The molecule has 0 saturated carbocycles. The summed E-state index contributed by atoms with van der Waals surface area (Å²) in [5, 5.41) is 3.98. The lowest BCUT2D eigenvalue weighted by Crippen LogP contribution is -2.41. The zero-order valence-corrected chi connectivity index (χ0v) is 11.9. The van der Waals surface area contributed by atoms with Crippen molar-refractivity contribution < 1.29 is 9.59 Å². The van der Waals surface area contributed by atoms with Crippen LogP contribution in [-0.4, -0.2) is 11.8 Å². The van der Waals surface area contributed by atoms with Gasteiger partial charge in [-0.05, 0) is 29.7 Å². The monoisotopic (exact) mass is 296 g/mol. The topological polar surface area (TPSA) is 40.6 Å². The molecule has 104 valence electrons. The van der Waals surface area contributed by atoms with Gasteiger partial charge in [0.2, 0.25) is 0 Å². The molecule has 0 bridgehead atoms. The average molecular weight is 296 g/mol. The fraction of sp³-hybridized carbons (Fsp3) is 0. The Balaban J connectivity index is 2.15. The summed E-state index contributed by atoms with van der Waals surface area (Å²) in [6.45, 7) is 0. The van der Waals surface area contributed by atoms with E-state index < -0.39 is 0 Å². The number of anilines is 2. The third kappa shape index (κ3) is 2.21. The number of hydrazine groups is 1. The molecule has 1 saturated heterocycles. The second kappa shape index (κ2) is 5.46. The van der Waals surface area contributed by atoms with Gasteiger partial charge in [-0.1, -0.05) is 36.4 Å². The fourth-order valence-corrected chi connectivity index (χ4v) is 2.44. The molecule has 0 aliphatic carbocycles. The number of thiol groups is 1. The van der Waals surface area contributed by atoms with Gasteiger partial charge >= 0.3 is 0 Å². The molecule has 1 fully saturated rings. The van der Waals surface area contributed by atoms with E-state index in [2.05, 4.69) is 12.6 Å². The van der Waals surface area contributed by atoms with Gasteiger partial charge in [-0.3, -0.25) is 9.59 Å². The van der Waals surface area contributed by atoms with Crippen LogP contribution < -0.4 is 10.0 Å². The van der Waals surface area contributed by atoms with E-state index in [9.17, 15) is 9.59 Å². The van der Waals surface area contributed by atoms with Crippen LogP contribution in [0, 0.1) is 0 Å². The number of para-hydroxylation sites is 2. The van der Waals surface area contributed by atoms with Crippen molar-refractivity contribution in [3.8, 4) is 0 Å². The van der Waals surface area contributed by atoms with E-state index >= 15 is 0 Å². The number of amides is 2. The van der Waals surface area contributed by atoms with E-state index in [1.807, 2.05) is 36.4 Å². The van der Waals surface area contributed by atoms with Gasteiger partial charge < -0.3 is 0 Å². The summed E-state index contributed by atoms with van der Waals surface area (Å²) in [5.74, 6) is -0.768. The minimum atomic E-state index is -0.384. The molecule has 3 rings (SSSR count). The Morgan fingerprint density at radius 1 is 0.714 bits per heavy atom. The lowest BCUT2D eigenvalue weighted by atomic mass is 10.2. The third-order valence-corrected chi connectivity index (χ3v) is 3.43. The Kier molecular flexibility index (Phi) is 3.50. The largest absolute Gasteiger partial charge is 0.283 e. The normalized spacial score (nSPS) is 14.8. The van der Waals surface area contributed by atoms with Crippen LogP contribution in [0.4, 0.5) is 11.4 Å². The van der Waals surface area contributed by atoms with Crippen LogP contribution in [0.15, 0.2) is 71.6 Å². The van der Waals surface area contributed by atoms with E-state index in [1.165, 1.54) is 15.4 Å². The van der Waals surface area contributed by atoms with E-state index in [4.69, 9.17) is 0 Å². The van der Waals surface area contributed by atoms with Gasteiger partial charge in [-0.25, -0.2) is 10.0 Å². The first kappa shape index (κ1) is 13.5. The van der Waals surface area contributed by atoms with Crippen molar-refractivity contribution in [3.63, 3.8) is 0 Å². The molecule has 2 aromatic carbocycles. The first-order chi connectivity index (χ1) is 10.2. The summed E-state index contributed by atoms with van der Waals surface area (Å²) in [5.41, 5.74) is 1.31. The standard InChI is InChI=1S/C16H12N2O2S/c19-15-14(11-21)16(20)18(13-9-5-2-6-10-13)17(15)12-7-3-1-4-8-12/h1-11,21H. The molecule has 0 N–H and O–H groups in total. The summed E-state index contributed by atoms with van der Waals surface area (Å²) in [4.78, 5) is 25.0. The Bertz CT molecular complexity index is 654. The molecule has 5 heteroatoms. The van der Waals surface area contributed by atoms with Gasteiger partial charge in [0.15, 0.2) is 0 Å². The highest BCUT2D eigenvalue weighted by molar-refractivity contribution is 7.83. The molecular weight excluding hydrogens is 284 g/mol. The van der Waals surface area contributed by atoms with Crippen LogP contribution in [0.5, 0.6) is 0 Å². The lowest BCUT2D eigenvalue weighted by Gasteiger charge is -2.27. The van der Waals surface area contributed by atoms with Gasteiger partial charge in [0.05, 0.1) is 11.4 Å². The Morgan fingerprint density at radius 2 is 1.10 bits per heavy atom. The minimum Gasteiger partial charge on any atom is -0.267 e. The summed E-state index contributed by atoms with van der Waals surface area (Å²) in [7, 11) is 0. The smallest absolute Gasteiger partial charge is 0.267 e. The molecule has 0 unspecified atom stereocenters. The van der Waals surface area contributed by atoms with Gasteiger partial charge in [0.1, 0.15) is 5.57 Å². The average Bonchev–Trinajstić information content (AvgIpc) is 2.79. The number of carbonyl (C=O) groups excluding carboxylic acids is 2. The molecular formula is C16H12N2O2S. The molecule has 4 nitrogen and oxygen atoms in total. The number of hydrogen-bond acceptors (Lipinski definition) is 3. The first-order valence-electron chi connectivity index (χ1n) is 6.37. The summed E-state index contributed by atoms with van der Waals surface area (Å²) >= 11 is 3.98. The number of carbonyl (C=O) groups is 2. The van der Waals surface area contributed by atoms with E-state index in [0.717, 1.165) is 0 Å². The van der Waals surface area contributed by atoms with Crippen LogP contribution in [0.3, 0.4) is 0 Å². The van der Waals surface area contributed by atoms with Gasteiger partial charge in [-0.2, -0.15) is 12.6 Å². The predicted molar refractivity (Wildman–Crippen MR) is 84.9 cm³/mol. The number of benzene rings is 2. The number of nitrogens with zero attached hydrogens (tertiary/aromatic N) is 2. The first-order valence-corrected chi connectivity index (χ1v) is 6.89. The Morgan fingerprint density at radius 3 is 1.43 bits per heavy atom. The summed E-state index contributed by atoms with van der Waals surface area (Å²) in [6.07, 6.45) is 0. The van der Waals surface area contributed by atoms with Gasteiger partial charge in [0.25, 0.3) is 11.8 Å². The van der Waals surface area contributed by atoms with Crippen molar-refractivity contribution in [1.82, 2.24) is 0 Å². The van der Waals surface area contributed by atoms with Crippen molar-refractivity contribution in [2.45, 2.75) is 0 Å². The molecule has 0 atom stereocenters. The second-order valence-corrected chi connectivity index (χ2v) is 4.71. The van der Waals surface area contributed by atoms with Crippen LogP contribution in [0.1, 0.15) is 0 Å². The van der Waals surface area contributed by atoms with Crippen LogP contribution in [-0.2, 0) is 9.59 Å². The summed E-state index contributed by atoms with van der Waals surface area (Å²) in [6, 6.07) is 18.1. The van der Waals surface area contributed by atoms with Crippen molar-refractivity contribution in [3.05, 3.63) is 71.6 Å². The number of hydrogen-bond donors (Lipinski definition) is 1. The maximum atomic E-state index is 12.5. The predicted octanol–water partition coefficient (Wildman–Crippen LogP) is 2.80. The Hall–Kier alpha value is -2.53.